The summed E-state index contributed by atoms with van der Waals surface area (Å²) in [5, 5.41) is 6.50. The van der Waals surface area contributed by atoms with Crippen molar-refractivity contribution in [1.29, 1.82) is 0 Å². The molecule has 0 saturated heterocycles. The highest BCUT2D eigenvalue weighted by atomic mass is 32.1. The lowest BCUT2D eigenvalue weighted by Crippen LogP contribution is -2.10. The maximum absolute atomic E-state index is 6.60. The number of aromatic nitrogens is 3. The second-order valence-corrected chi connectivity index (χ2v) is 15.4. The first kappa shape index (κ1) is 32.6. The molecule has 0 saturated carbocycles. The van der Waals surface area contributed by atoms with Crippen LogP contribution in [0.2, 0.25) is 0 Å². The van der Waals surface area contributed by atoms with Crippen molar-refractivity contribution >= 4 is 92.4 Å². The quantitative estimate of drug-likeness (QED) is 0.168. The van der Waals surface area contributed by atoms with Crippen LogP contribution in [0.4, 0.5) is 17.1 Å². The lowest BCUT2D eigenvalue weighted by molar-refractivity contribution is 0.668. The van der Waals surface area contributed by atoms with Crippen LogP contribution in [0.15, 0.2) is 191 Å². The van der Waals surface area contributed by atoms with Crippen molar-refractivity contribution < 1.29 is 8.83 Å². The monoisotopic (exact) mass is 762 g/mol. The first-order chi connectivity index (χ1) is 28.7. The molecule has 0 aliphatic rings. The Balaban J connectivity index is 1.11. The fourth-order valence-electron chi connectivity index (χ4n) is 8.29. The van der Waals surface area contributed by atoms with Crippen molar-refractivity contribution in [2.24, 2.45) is 0 Å². The van der Waals surface area contributed by atoms with Crippen LogP contribution in [0.3, 0.4) is 0 Å². The van der Waals surface area contributed by atoms with Crippen molar-refractivity contribution in [2.75, 3.05) is 4.90 Å². The second-order valence-electron chi connectivity index (χ2n) is 14.4. The highest BCUT2D eigenvalue weighted by Crippen LogP contribution is 2.47. The molecule has 8 aromatic carbocycles. The van der Waals surface area contributed by atoms with Gasteiger partial charge in [-0.1, -0.05) is 115 Å². The van der Waals surface area contributed by atoms with Gasteiger partial charge in [-0.05, 0) is 66.7 Å². The molecule has 0 unspecified atom stereocenters. The predicted molar refractivity (Wildman–Crippen MR) is 238 cm³/mol. The molecule has 272 valence electrons. The number of hydrogen-bond acceptors (Lipinski definition) is 7. The molecule has 0 atom stereocenters. The minimum Gasteiger partial charge on any atom is -0.456 e. The summed E-state index contributed by atoms with van der Waals surface area (Å²) in [5.41, 5.74) is 9.07. The molecule has 0 amide bonds. The van der Waals surface area contributed by atoms with E-state index in [-0.39, 0.29) is 0 Å². The highest BCUT2D eigenvalue weighted by molar-refractivity contribution is 7.26. The van der Waals surface area contributed by atoms with Crippen LogP contribution in [0.1, 0.15) is 0 Å². The molecule has 12 aromatic rings. The van der Waals surface area contributed by atoms with Gasteiger partial charge in [0.05, 0.1) is 5.69 Å². The van der Waals surface area contributed by atoms with E-state index in [1.54, 1.807) is 0 Å². The van der Waals surface area contributed by atoms with E-state index in [2.05, 4.69) is 102 Å². The third-order valence-electron chi connectivity index (χ3n) is 10.9. The lowest BCUT2D eigenvalue weighted by Gasteiger charge is -2.26. The van der Waals surface area contributed by atoms with E-state index in [9.17, 15) is 0 Å². The zero-order chi connectivity index (χ0) is 38.2. The zero-order valence-corrected chi connectivity index (χ0v) is 31.7. The molecule has 6 nitrogen and oxygen atoms in total. The molecule has 0 bridgehead atoms. The van der Waals surface area contributed by atoms with Gasteiger partial charge in [-0.2, -0.15) is 0 Å². The maximum atomic E-state index is 6.60. The average molecular weight is 763 g/mol. The largest absolute Gasteiger partial charge is 0.456 e. The molecular formula is C51H30N4O2S. The summed E-state index contributed by atoms with van der Waals surface area (Å²) in [4.78, 5) is 17.5. The Morgan fingerprint density at radius 3 is 1.69 bits per heavy atom. The SMILES string of the molecule is c1ccc(-c2nc(-c3ccccc3)nc(-c3cccc4oc5ccc(N(c6ccc7oc8ccccc8c7c6)c6cccc7sc8ccccc8c67)cc5c34)n2)cc1. The van der Waals surface area contributed by atoms with Crippen LogP contribution in [0, 0.1) is 0 Å². The minimum atomic E-state index is 0.579. The minimum absolute atomic E-state index is 0.579. The summed E-state index contributed by atoms with van der Waals surface area (Å²) in [7, 11) is 0. The Morgan fingerprint density at radius 1 is 0.379 bits per heavy atom. The molecule has 0 aliphatic carbocycles. The Hall–Kier alpha value is -7.61. The van der Waals surface area contributed by atoms with E-state index in [1.165, 1.54) is 20.2 Å². The van der Waals surface area contributed by atoms with Crippen molar-refractivity contribution in [1.82, 2.24) is 15.0 Å². The van der Waals surface area contributed by atoms with E-state index in [1.807, 2.05) is 96.3 Å². The van der Waals surface area contributed by atoms with Gasteiger partial charge in [-0.15, -0.1) is 11.3 Å². The van der Waals surface area contributed by atoms with E-state index >= 15 is 0 Å². The third-order valence-corrected chi connectivity index (χ3v) is 12.1. The number of furan rings is 2. The molecule has 0 spiro atoms. The van der Waals surface area contributed by atoms with Crippen molar-refractivity contribution in [2.45, 2.75) is 0 Å². The third kappa shape index (κ3) is 5.21. The number of para-hydroxylation sites is 1. The molecule has 0 fully saturated rings. The van der Waals surface area contributed by atoms with Gasteiger partial charge in [-0.25, -0.2) is 15.0 Å². The molecular weight excluding hydrogens is 733 g/mol. The van der Waals surface area contributed by atoms with Crippen LogP contribution < -0.4 is 4.90 Å². The summed E-state index contributed by atoms with van der Waals surface area (Å²) in [6.45, 7) is 0. The molecule has 0 aliphatic heterocycles. The molecule has 0 N–H and O–H groups in total. The molecule has 4 aromatic heterocycles. The molecule has 0 radical (unpaired) electrons. The number of rotatable bonds is 6. The summed E-state index contributed by atoms with van der Waals surface area (Å²) in [6.07, 6.45) is 0. The fraction of sp³-hybridized carbons (Fsp3) is 0. The number of hydrogen-bond donors (Lipinski definition) is 0. The van der Waals surface area contributed by atoms with Gasteiger partial charge in [0.15, 0.2) is 17.5 Å². The smallest absolute Gasteiger partial charge is 0.164 e. The Morgan fingerprint density at radius 2 is 0.931 bits per heavy atom. The van der Waals surface area contributed by atoms with Crippen molar-refractivity contribution in [3.05, 3.63) is 182 Å². The summed E-state index contributed by atoms with van der Waals surface area (Å²) in [6, 6.07) is 62.7. The molecule has 58 heavy (non-hydrogen) atoms. The van der Waals surface area contributed by atoms with E-state index in [0.717, 1.165) is 77.6 Å². The van der Waals surface area contributed by atoms with E-state index < -0.39 is 0 Å². The van der Waals surface area contributed by atoms with Crippen LogP contribution in [0.25, 0.3) is 98.2 Å². The highest BCUT2D eigenvalue weighted by Gasteiger charge is 2.23. The Kier molecular flexibility index (Phi) is 7.30. The number of nitrogens with zero attached hydrogens (tertiary/aromatic N) is 4. The first-order valence-electron chi connectivity index (χ1n) is 19.2. The summed E-state index contributed by atoms with van der Waals surface area (Å²) < 4.78 is 15.4. The standard InChI is InChI=1S/C51H30N4O2S/c1-3-13-31(14-4-1)49-52-50(32-15-5-2-6-16-32)54-51(53-49)37-19-11-22-44-47(37)39-30-34(26-28-43(39)57-44)55(33-25-27-42-38(29-33)35-17-7-9-21-41(35)56-42)40-20-12-24-46-48(40)36-18-8-10-23-45(36)58-46/h1-30H. The summed E-state index contributed by atoms with van der Waals surface area (Å²) >= 11 is 1.82. The molecule has 7 heteroatoms. The van der Waals surface area contributed by atoms with Crippen molar-refractivity contribution in [3.63, 3.8) is 0 Å². The molecule has 4 heterocycles. The van der Waals surface area contributed by atoms with E-state index in [0.29, 0.717) is 17.5 Å². The number of thiophene rings is 1. The lowest BCUT2D eigenvalue weighted by atomic mass is 10.0. The van der Waals surface area contributed by atoms with Crippen LogP contribution in [-0.4, -0.2) is 15.0 Å². The second kappa shape index (κ2) is 13.0. The van der Waals surface area contributed by atoms with Gasteiger partial charge in [0.1, 0.15) is 22.3 Å². The first-order valence-corrected chi connectivity index (χ1v) is 20.0. The van der Waals surface area contributed by atoms with Crippen LogP contribution in [0.5, 0.6) is 0 Å². The Labute approximate surface area is 335 Å². The number of fused-ring (bicyclic) bond motifs is 9. The van der Waals surface area contributed by atoms with Gasteiger partial charge in [-0.3, -0.25) is 0 Å². The van der Waals surface area contributed by atoms with Gasteiger partial charge in [0.2, 0.25) is 0 Å². The average Bonchev–Trinajstić information content (AvgIpc) is 3.98. The summed E-state index contributed by atoms with van der Waals surface area (Å²) in [5.74, 6) is 1.80. The van der Waals surface area contributed by atoms with Gasteiger partial charge < -0.3 is 13.7 Å². The predicted octanol–water partition coefficient (Wildman–Crippen LogP) is 14.5. The molecule has 12 rings (SSSR count). The van der Waals surface area contributed by atoms with Crippen LogP contribution >= 0.6 is 11.3 Å². The normalized spacial score (nSPS) is 11.8. The Bertz CT molecular complexity index is 3480. The van der Waals surface area contributed by atoms with Crippen LogP contribution in [-0.2, 0) is 0 Å². The van der Waals surface area contributed by atoms with E-state index in [4.69, 9.17) is 23.8 Å². The van der Waals surface area contributed by atoms with Gasteiger partial charge in [0.25, 0.3) is 0 Å². The topological polar surface area (TPSA) is 68.2 Å². The van der Waals surface area contributed by atoms with Gasteiger partial charge >= 0.3 is 0 Å². The van der Waals surface area contributed by atoms with Gasteiger partial charge in [0, 0.05) is 69.8 Å². The number of benzene rings is 8. The zero-order valence-electron chi connectivity index (χ0n) is 30.8. The maximum Gasteiger partial charge on any atom is 0.164 e. The number of anilines is 3. The van der Waals surface area contributed by atoms with Crippen molar-refractivity contribution in [3.8, 4) is 34.2 Å². The fourth-order valence-corrected chi connectivity index (χ4v) is 9.42.